The maximum absolute atomic E-state index is 6.05. The molecular weight excluding hydrogens is 240 g/mol. The van der Waals surface area contributed by atoms with Gasteiger partial charge in [0.05, 0.1) is 12.2 Å². The fourth-order valence-electron chi connectivity index (χ4n) is 5.21. The first-order valence-electron chi connectivity index (χ1n) is 8.01. The van der Waals surface area contributed by atoms with E-state index in [1.54, 1.807) is 0 Å². The van der Waals surface area contributed by atoms with E-state index in [4.69, 9.17) is 15.3 Å². The van der Waals surface area contributed by atoms with Crippen molar-refractivity contribution in [3.8, 4) is 0 Å². The molecule has 2 saturated heterocycles. The Morgan fingerprint density at radius 3 is 2.68 bits per heavy atom. The molecule has 3 N–H and O–H groups in total. The molecule has 0 aromatic carbocycles. The number of nitrogens with two attached hydrogens (primary N) is 1. The summed E-state index contributed by atoms with van der Waals surface area (Å²) in [7, 11) is 0. The third-order valence-corrected chi connectivity index (χ3v) is 6.19. The van der Waals surface area contributed by atoms with Crippen LogP contribution in [0.5, 0.6) is 0 Å². The van der Waals surface area contributed by atoms with Crippen molar-refractivity contribution in [1.29, 1.82) is 0 Å². The highest BCUT2D eigenvalue weighted by molar-refractivity contribution is 5.08. The molecule has 2 heterocycles. The summed E-state index contributed by atoms with van der Waals surface area (Å²) < 4.78 is 11.6. The van der Waals surface area contributed by atoms with Crippen LogP contribution in [0, 0.1) is 23.7 Å². The number of ether oxygens (including phenoxy) is 2. The van der Waals surface area contributed by atoms with Crippen LogP contribution in [-0.2, 0) is 9.47 Å². The van der Waals surface area contributed by atoms with E-state index in [0.717, 1.165) is 56.8 Å². The molecule has 4 nitrogen and oxygen atoms in total. The van der Waals surface area contributed by atoms with Crippen molar-refractivity contribution >= 4 is 0 Å². The summed E-state index contributed by atoms with van der Waals surface area (Å²) in [6.07, 6.45) is 7.67. The molecule has 1 spiro atoms. The lowest BCUT2D eigenvalue weighted by Gasteiger charge is -2.40. The number of hydrazine groups is 1. The molecule has 0 bridgehead atoms. The van der Waals surface area contributed by atoms with Gasteiger partial charge in [-0.25, -0.2) is 0 Å². The zero-order valence-electron chi connectivity index (χ0n) is 11.6. The van der Waals surface area contributed by atoms with Crippen LogP contribution in [-0.4, -0.2) is 31.5 Å². The van der Waals surface area contributed by atoms with Crippen LogP contribution in [0.1, 0.15) is 38.5 Å². The van der Waals surface area contributed by atoms with Gasteiger partial charge in [0.15, 0.2) is 0 Å². The van der Waals surface area contributed by atoms with Crippen molar-refractivity contribution in [3.63, 3.8) is 0 Å². The lowest BCUT2D eigenvalue weighted by molar-refractivity contribution is -0.104. The van der Waals surface area contributed by atoms with Crippen molar-refractivity contribution in [2.75, 3.05) is 19.8 Å². The van der Waals surface area contributed by atoms with Crippen LogP contribution in [0.2, 0.25) is 0 Å². The molecule has 2 saturated carbocycles. The molecule has 0 radical (unpaired) electrons. The summed E-state index contributed by atoms with van der Waals surface area (Å²) in [5.41, 5.74) is 3.19. The second-order valence-electron chi connectivity index (χ2n) is 7.12. The van der Waals surface area contributed by atoms with E-state index >= 15 is 0 Å². The number of rotatable bonds is 3. The Hall–Kier alpha value is -0.160. The molecule has 0 amide bonds. The Balaban J connectivity index is 1.45. The van der Waals surface area contributed by atoms with Crippen LogP contribution in [0.4, 0.5) is 0 Å². The molecule has 5 atom stereocenters. The Morgan fingerprint density at radius 1 is 1.16 bits per heavy atom. The molecule has 0 aromatic heterocycles. The fourth-order valence-corrected chi connectivity index (χ4v) is 5.21. The van der Waals surface area contributed by atoms with Gasteiger partial charge >= 0.3 is 0 Å². The minimum Gasteiger partial charge on any atom is -0.378 e. The number of fused-ring (bicyclic) bond motifs is 1. The van der Waals surface area contributed by atoms with Crippen LogP contribution >= 0.6 is 0 Å². The molecule has 19 heavy (non-hydrogen) atoms. The SMILES string of the molecule is NNC(C1CCOC2(CCOC2)C1)C1C2CCCC21. The van der Waals surface area contributed by atoms with Gasteiger partial charge in [0.1, 0.15) is 0 Å². The van der Waals surface area contributed by atoms with Crippen molar-refractivity contribution in [2.45, 2.75) is 50.2 Å². The highest BCUT2D eigenvalue weighted by Gasteiger charge is 2.58. The van der Waals surface area contributed by atoms with Crippen molar-refractivity contribution in [3.05, 3.63) is 0 Å². The lowest BCUT2D eigenvalue weighted by Crippen LogP contribution is -2.50. The third-order valence-electron chi connectivity index (χ3n) is 6.19. The maximum Gasteiger partial charge on any atom is 0.0939 e. The third kappa shape index (κ3) is 2.04. The van der Waals surface area contributed by atoms with E-state index in [1.165, 1.54) is 19.3 Å². The average Bonchev–Trinajstić information content (AvgIpc) is 2.84. The van der Waals surface area contributed by atoms with E-state index in [2.05, 4.69) is 5.43 Å². The van der Waals surface area contributed by atoms with Gasteiger partial charge in [-0.15, -0.1) is 0 Å². The summed E-state index contributed by atoms with van der Waals surface area (Å²) in [5, 5.41) is 0. The largest absolute Gasteiger partial charge is 0.378 e. The topological polar surface area (TPSA) is 56.5 Å². The van der Waals surface area contributed by atoms with Crippen LogP contribution < -0.4 is 11.3 Å². The van der Waals surface area contributed by atoms with Crippen molar-refractivity contribution in [1.82, 2.24) is 5.43 Å². The van der Waals surface area contributed by atoms with Gasteiger partial charge in [0.2, 0.25) is 0 Å². The van der Waals surface area contributed by atoms with Gasteiger partial charge in [-0.1, -0.05) is 6.42 Å². The number of nitrogens with one attached hydrogen (secondary N) is 1. The minimum absolute atomic E-state index is 0.0159. The zero-order chi connectivity index (χ0) is 12.9. The highest BCUT2D eigenvalue weighted by atomic mass is 16.6. The first-order valence-corrected chi connectivity index (χ1v) is 8.01. The Morgan fingerprint density at radius 2 is 2.00 bits per heavy atom. The number of hydrogen-bond acceptors (Lipinski definition) is 4. The quantitative estimate of drug-likeness (QED) is 0.599. The molecule has 4 fully saturated rings. The van der Waals surface area contributed by atoms with Gasteiger partial charge < -0.3 is 9.47 Å². The van der Waals surface area contributed by atoms with Crippen LogP contribution in [0.3, 0.4) is 0 Å². The second-order valence-corrected chi connectivity index (χ2v) is 7.12. The summed E-state index contributed by atoms with van der Waals surface area (Å²) in [4.78, 5) is 0. The van der Waals surface area contributed by atoms with Crippen LogP contribution in [0.15, 0.2) is 0 Å². The highest BCUT2D eigenvalue weighted by Crippen LogP contribution is 2.60. The monoisotopic (exact) mass is 266 g/mol. The molecule has 2 aliphatic carbocycles. The Labute approximate surface area is 115 Å². The van der Waals surface area contributed by atoms with E-state index in [9.17, 15) is 0 Å². The summed E-state index contributed by atoms with van der Waals surface area (Å²) >= 11 is 0. The van der Waals surface area contributed by atoms with Gasteiger partial charge in [-0.2, -0.15) is 0 Å². The summed E-state index contributed by atoms with van der Waals surface area (Å²) in [5.74, 6) is 9.38. The smallest absolute Gasteiger partial charge is 0.0939 e. The molecule has 4 aliphatic rings. The summed E-state index contributed by atoms with van der Waals surface area (Å²) in [6.45, 7) is 2.54. The molecule has 5 unspecified atom stereocenters. The number of hydrogen-bond donors (Lipinski definition) is 2. The maximum atomic E-state index is 6.05. The predicted octanol–water partition coefficient (Wildman–Crippen LogP) is 1.45. The van der Waals surface area contributed by atoms with Gasteiger partial charge in [-0.3, -0.25) is 11.3 Å². The molecule has 108 valence electrons. The molecule has 4 rings (SSSR count). The average molecular weight is 266 g/mol. The Kier molecular flexibility index (Phi) is 3.10. The first kappa shape index (κ1) is 12.6. The van der Waals surface area contributed by atoms with E-state index in [0.29, 0.717) is 12.0 Å². The van der Waals surface area contributed by atoms with Crippen molar-refractivity contribution in [2.24, 2.45) is 29.5 Å². The lowest BCUT2D eigenvalue weighted by atomic mass is 9.79. The van der Waals surface area contributed by atoms with E-state index in [1.807, 2.05) is 0 Å². The summed E-state index contributed by atoms with van der Waals surface area (Å²) in [6, 6.07) is 0.511. The Bertz CT molecular complexity index is 333. The molecule has 4 heteroatoms. The van der Waals surface area contributed by atoms with E-state index < -0.39 is 0 Å². The van der Waals surface area contributed by atoms with Gasteiger partial charge in [-0.05, 0) is 49.4 Å². The molecular formula is C15H26N2O2. The normalized spacial score (nSPS) is 50.4. The zero-order valence-corrected chi connectivity index (χ0v) is 11.6. The molecule has 0 aromatic rings. The molecule has 2 aliphatic heterocycles. The standard InChI is InChI=1S/C15H26N2O2/c16-17-14(13-11-2-1-3-12(11)13)10-4-6-19-15(8-10)5-7-18-9-15/h10-14,17H,1-9,16H2. The fraction of sp³-hybridized carbons (Fsp3) is 1.00. The van der Waals surface area contributed by atoms with Crippen molar-refractivity contribution < 1.29 is 9.47 Å². The van der Waals surface area contributed by atoms with E-state index in [-0.39, 0.29) is 5.60 Å². The predicted molar refractivity (Wildman–Crippen MR) is 72.3 cm³/mol. The van der Waals surface area contributed by atoms with Crippen LogP contribution in [0.25, 0.3) is 0 Å². The minimum atomic E-state index is 0.0159. The van der Waals surface area contributed by atoms with Gasteiger partial charge in [0.25, 0.3) is 0 Å². The second kappa shape index (κ2) is 4.69. The first-order chi connectivity index (χ1) is 9.33. The van der Waals surface area contributed by atoms with Gasteiger partial charge in [0, 0.05) is 25.7 Å².